The first kappa shape index (κ1) is 17.4. The number of ether oxygens (including phenoxy) is 1. The number of hydrogen-bond acceptors (Lipinski definition) is 4. The summed E-state index contributed by atoms with van der Waals surface area (Å²) in [6.07, 6.45) is 5.47. The minimum Gasteiger partial charge on any atom is -0.435 e. The zero-order chi connectivity index (χ0) is 19.0. The molecule has 2 heterocycles. The van der Waals surface area contributed by atoms with Gasteiger partial charge in [0.05, 0.1) is 6.20 Å². The lowest BCUT2D eigenvalue weighted by Gasteiger charge is -2.14. The monoisotopic (exact) mass is 378 g/mol. The molecule has 0 aliphatic heterocycles. The molecule has 1 N–H and O–H groups in total. The van der Waals surface area contributed by atoms with Crippen LogP contribution in [0.15, 0.2) is 55.0 Å². The number of nitrogens with one attached hydrogen (secondary N) is 1. The second kappa shape index (κ2) is 6.93. The fourth-order valence-electron chi connectivity index (χ4n) is 3.14. The van der Waals surface area contributed by atoms with Crippen molar-refractivity contribution in [3.05, 3.63) is 76.7 Å². The van der Waals surface area contributed by atoms with Crippen LogP contribution in [0.3, 0.4) is 0 Å². The van der Waals surface area contributed by atoms with Crippen LogP contribution in [0.4, 0.5) is 11.5 Å². The number of benzene rings is 2. The van der Waals surface area contributed by atoms with Crippen LogP contribution in [-0.4, -0.2) is 14.4 Å². The van der Waals surface area contributed by atoms with E-state index in [1.54, 1.807) is 6.20 Å². The van der Waals surface area contributed by atoms with E-state index >= 15 is 0 Å². The van der Waals surface area contributed by atoms with Gasteiger partial charge >= 0.3 is 0 Å². The van der Waals surface area contributed by atoms with E-state index in [1.807, 2.05) is 54.9 Å². The van der Waals surface area contributed by atoms with Crippen molar-refractivity contribution in [2.24, 2.45) is 0 Å². The van der Waals surface area contributed by atoms with Gasteiger partial charge in [-0.1, -0.05) is 29.3 Å². The van der Waals surface area contributed by atoms with Crippen molar-refractivity contribution >= 4 is 28.8 Å². The fraction of sp³-hybridized carbons (Fsp3) is 0.143. The maximum atomic E-state index is 6.21. The topological polar surface area (TPSA) is 51.5 Å². The van der Waals surface area contributed by atoms with E-state index in [-0.39, 0.29) is 0 Å². The lowest BCUT2D eigenvalue weighted by Crippen LogP contribution is -2.01. The average Bonchev–Trinajstić information content (AvgIpc) is 3.08. The highest BCUT2D eigenvalue weighted by atomic mass is 35.5. The van der Waals surface area contributed by atoms with Crippen molar-refractivity contribution in [2.45, 2.75) is 20.8 Å². The van der Waals surface area contributed by atoms with Gasteiger partial charge in [0.2, 0.25) is 5.65 Å². The van der Waals surface area contributed by atoms with Crippen LogP contribution in [0.25, 0.3) is 5.65 Å². The maximum absolute atomic E-state index is 6.21. The molecule has 0 amide bonds. The number of imidazole rings is 1. The second-order valence-corrected chi connectivity index (χ2v) is 6.99. The molecule has 0 fully saturated rings. The molecule has 0 unspecified atom stereocenters. The zero-order valence-electron chi connectivity index (χ0n) is 15.3. The smallest absolute Gasteiger partial charge is 0.265 e. The highest BCUT2D eigenvalue weighted by molar-refractivity contribution is 6.30. The molecule has 0 saturated carbocycles. The first-order chi connectivity index (χ1) is 13.0. The van der Waals surface area contributed by atoms with Crippen LogP contribution in [0, 0.1) is 20.8 Å². The van der Waals surface area contributed by atoms with Crippen molar-refractivity contribution in [1.29, 1.82) is 0 Å². The molecule has 0 saturated heterocycles. The van der Waals surface area contributed by atoms with Gasteiger partial charge in [-0.25, -0.2) is 4.98 Å². The molecule has 27 heavy (non-hydrogen) atoms. The van der Waals surface area contributed by atoms with Gasteiger partial charge in [-0.2, -0.15) is 4.98 Å². The second-order valence-electron chi connectivity index (χ2n) is 6.55. The van der Waals surface area contributed by atoms with Gasteiger partial charge < -0.3 is 10.1 Å². The molecule has 0 bridgehead atoms. The van der Waals surface area contributed by atoms with E-state index in [0.717, 1.165) is 22.6 Å². The predicted octanol–water partition coefficient (Wildman–Crippen LogP) is 5.84. The molecule has 0 atom stereocenters. The third kappa shape index (κ3) is 3.59. The van der Waals surface area contributed by atoms with Gasteiger partial charge in [-0.05, 0) is 56.2 Å². The minimum atomic E-state index is 0.453. The van der Waals surface area contributed by atoms with Crippen LogP contribution in [-0.2, 0) is 0 Å². The number of aromatic nitrogens is 3. The standard InChI is InChI=1S/C21H19ClN4O/c1-13-10-14(2)19(15(3)11-13)27-21-20-23-8-9-26(20)12-18(25-21)24-17-6-4-16(22)5-7-17/h4-12,24H,1-3H3. The third-order valence-electron chi connectivity index (χ3n) is 4.26. The molecule has 136 valence electrons. The van der Waals surface area contributed by atoms with Crippen molar-refractivity contribution < 1.29 is 4.74 Å². The summed E-state index contributed by atoms with van der Waals surface area (Å²) in [5.74, 6) is 1.91. The quantitative estimate of drug-likeness (QED) is 0.484. The molecule has 6 heteroatoms. The van der Waals surface area contributed by atoms with Crippen LogP contribution < -0.4 is 10.1 Å². The summed E-state index contributed by atoms with van der Waals surface area (Å²) in [5.41, 5.74) is 4.88. The normalized spacial score (nSPS) is 11.0. The van der Waals surface area contributed by atoms with Gasteiger partial charge in [-0.3, -0.25) is 4.40 Å². The van der Waals surface area contributed by atoms with Crippen molar-refractivity contribution in [1.82, 2.24) is 14.4 Å². The molecule has 0 aliphatic carbocycles. The number of halogens is 1. The minimum absolute atomic E-state index is 0.453. The number of fused-ring (bicyclic) bond motifs is 1. The number of rotatable bonds is 4. The fourth-order valence-corrected chi connectivity index (χ4v) is 3.26. The Morgan fingerprint density at radius 3 is 2.44 bits per heavy atom. The van der Waals surface area contributed by atoms with E-state index in [2.05, 4.69) is 34.3 Å². The van der Waals surface area contributed by atoms with Gasteiger partial charge in [0.15, 0.2) is 5.82 Å². The van der Waals surface area contributed by atoms with E-state index in [1.165, 1.54) is 5.56 Å². The van der Waals surface area contributed by atoms with Crippen LogP contribution in [0.5, 0.6) is 11.6 Å². The highest BCUT2D eigenvalue weighted by Gasteiger charge is 2.13. The first-order valence-electron chi connectivity index (χ1n) is 8.61. The van der Waals surface area contributed by atoms with Crippen molar-refractivity contribution in [3.63, 3.8) is 0 Å². The Morgan fingerprint density at radius 2 is 1.74 bits per heavy atom. The molecule has 4 aromatic rings. The Bertz CT molecular complexity index is 1100. The molecule has 0 radical (unpaired) electrons. The Kier molecular flexibility index (Phi) is 4.46. The largest absolute Gasteiger partial charge is 0.435 e. The predicted molar refractivity (Wildman–Crippen MR) is 108 cm³/mol. The molecule has 0 aliphatic rings. The Hall–Kier alpha value is -3.05. The zero-order valence-corrected chi connectivity index (χ0v) is 16.1. The third-order valence-corrected chi connectivity index (χ3v) is 4.52. The Labute approximate surface area is 162 Å². The summed E-state index contributed by atoms with van der Waals surface area (Å²) in [6.45, 7) is 6.15. The van der Waals surface area contributed by atoms with Gasteiger partial charge in [0.25, 0.3) is 5.88 Å². The molecule has 2 aromatic heterocycles. The number of nitrogens with zero attached hydrogens (tertiary/aromatic N) is 3. The van der Waals surface area contributed by atoms with Gasteiger partial charge in [0.1, 0.15) is 5.75 Å². The van der Waals surface area contributed by atoms with Gasteiger partial charge in [0, 0.05) is 23.1 Å². The SMILES string of the molecule is Cc1cc(C)c(Oc2nc(Nc3ccc(Cl)cc3)cn3ccnc23)c(C)c1. The van der Waals surface area contributed by atoms with Crippen LogP contribution in [0.2, 0.25) is 5.02 Å². The van der Waals surface area contributed by atoms with Crippen molar-refractivity contribution in [3.8, 4) is 11.6 Å². The summed E-state index contributed by atoms with van der Waals surface area (Å²) in [7, 11) is 0. The highest BCUT2D eigenvalue weighted by Crippen LogP contribution is 2.31. The van der Waals surface area contributed by atoms with E-state index < -0.39 is 0 Å². The average molecular weight is 379 g/mol. The molecule has 0 spiro atoms. The number of anilines is 2. The van der Waals surface area contributed by atoms with Gasteiger partial charge in [-0.15, -0.1) is 0 Å². The summed E-state index contributed by atoms with van der Waals surface area (Å²) < 4.78 is 8.10. The lowest BCUT2D eigenvalue weighted by molar-refractivity contribution is 0.458. The first-order valence-corrected chi connectivity index (χ1v) is 8.99. The molecule has 2 aromatic carbocycles. The molecule has 5 nitrogen and oxygen atoms in total. The van der Waals surface area contributed by atoms with Crippen LogP contribution >= 0.6 is 11.6 Å². The van der Waals surface area contributed by atoms with Crippen molar-refractivity contribution in [2.75, 3.05) is 5.32 Å². The summed E-state index contributed by atoms with van der Waals surface area (Å²) in [5, 5.41) is 3.97. The molecular formula is C21H19ClN4O. The number of hydrogen-bond donors (Lipinski definition) is 1. The molecule has 4 rings (SSSR count). The summed E-state index contributed by atoms with van der Waals surface area (Å²) >= 11 is 5.96. The van der Waals surface area contributed by atoms with E-state index in [4.69, 9.17) is 16.3 Å². The van der Waals surface area contributed by atoms with Crippen LogP contribution in [0.1, 0.15) is 16.7 Å². The van der Waals surface area contributed by atoms with E-state index in [9.17, 15) is 0 Å². The Balaban J connectivity index is 1.74. The molecular weight excluding hydrogens is 360 g/mol. The summed E-state index contributed by atoms with van der Waals surface area (Å²) in [6, 6.07) is 11.7. The Morgan fingerprint density at radius 1 is 1.04 bits per heavy atom. The lowest BCUT2D eigenvalue weighted by atomic mass is 10.1. The summed E-state index contributed by atoms with van der Waals surface area (Å²) in [4.78, 5) is 9.02. The van der Waals surface area contributed by atoms with E-state index in [0.29, 0.717) is 22.4 Å². The number of aryl methyl sites for hydroxylation is 3. The maximum Gasteiger partial charge on any atom is 0.265 e.